The smallest absolute Gasteiger partial charge is 0.312 e. The molecular weight excluding hydrogens is 443 g/mol. The highest BCUT2D eigenvalue weighted by atomic mass is 32.1. The maximum Gasteiger partial charge on any atom is 0.312 e. The van der Waals surface area contributed by atoms with Gasteiger partial charge in [0.25, 0.3) is 0 Å². The number of aromatic nitrogens is 5. The Morgan fingerprint density at radius 2 is 1.94 bits per heavy atom. The molecule has 0 saturated heterocycles. The molecule has 1 fully saturated rings. The first-order valence-corrected chi connectivity index (χ1v) is 12.1. The van der Waals surface area contributed by atoms with Crippen molar-refractivity contribution < 1.29 is 9.18 Å². The van der Waals surface area contributed by atoms with Crippen LogP contribution in [0.2, 0.25) is 0 Å². The van der Waals surface area contributed by atoms with Crippen LogP contribution < -0.4 is 16.4 Å². The summed E-state index contributed by atoms with van der Waals surface area (Å²) >= 11 is 1.56. The summed E-state index contributed by atoms with van der Waals surface area (Å²) in [5, 5.41) is 7.40. The van der Waals surface area contributed by atoms with Gasteiger partial charge in [-0.15, -0.1) is 0 Å². The minimum absolute atomic E-state index is 0.0117. The lowest BCUT2D eigenvalue weighted by Crippen LogP contribution is -2.54. The Bertz CT molecular complexity index is 1220. The van der Waals surface area contributed by atoms with E-state index >= 15 is 0 Å². The number of carbonyl (C=O) groups excluding carboxylic acids is 1. The fraction of sp³-hybridized carbons (Fsp3) is 0.591. The largest absolute Gasteiger partial charge is 0.382 e. The molecule has 1 aliphatic heterocycles. The summed E-state index contributed by atoms with van der Waals surface area (Å²) in [5.41, 5.74) is 7.42. The molecule has 1 saturated carbocycles. The first-order valence-electron chi connectivity index (χ1n) is 11.3. The van der Waals surface area contributed by atoms with E-state index in [9.17, 15) is 9.18 Å². The van der Waals surface area contributed by atoms with Crippen LogP contribution in [0.1, 0.15) is 70.0 Å². The van der Waals surface area contributed by atoms with E-state index in [1.807, 2.05) is 4.57 Å². The molecule has 1 aliphatic carbocycles. The predicted molar refractivity (Wildman–Crippen MR) is 125 cm³/mol. The monoisotopic (exact) mass is 472 g/mol. The van der Waals surface area contributed by atoms with Gasteiger partial charge in [-0.3, -0.25) is 4.79 Å². The fourth-order valence-corrected chi connectivity index (χ4v) is 6.42. The highest BCUT2D eigenvalue weighted by Crippen LogP contribution is 2.40. The lowest BCUT2D eigenvalue weighted by atomic mass is 9.85. The van der Waals surface area contributed by atoms with Crippen molar-refractivity contribution >= 4 is 39.4 Å². The Hall–Kier alpha value is -2.66. The Morgan fingerprint density at radius 1 is 1.21 bits per heavy atom. The number of halogens is 1. The number of nitrogens with one attached hydrogen (secondary N) is 2. The van der Waals surface area contributed by atoms with E-state index in [4.69, 9.17) is 10.7 Å². The summed E-state index contributed by atoms with van der Waals surface area (Å²) in [4.78, 5) is 30.6. The van der Waals surface area contributed by atoms with Gasteiger partial charge in [0.1, 0.15) is 5.52 Å². The van der Waals surface area contributed by atoms with Crippen LogP contribution in [-0.4, -0.2) is 35.9 Å². The summed E-state index contributed by atoms with van der Waals surface area (Å²) < 4.78 is 15.5. The quantitative estimate of drug-likeness (QED) is 0.498. The molecule has 4 N–H and O–H groups in total. The summed E-state index contributed by atoms with van der Waals surface area (Å²) in [5.74, 6) is -0.0362. The highest BCUT2D eigenvalue weighted by Gasteiger charge is 2.39. The molecule has 1 amide bonds. The number of nitrogens with zero attached hydrogens (tertiary/aromatic N) is 5. The third kappa shape index (κ3) is 4.08. The average molecular weight is 473 g/mol. The number of anilines is 2. The van der Waals surface area contributed by atoms with Gasteiger partial charge in [0, 0.05) is 34.3 Å². The van der Waals surface area contributed by atoms with E-state index in [1.54, 1.807) is 17.7 Å². The molecule has 3 aromatic heterocycles. The molecule has 0 unspecified atom stereocenters. The number of thiazole rings is 1. The molecule has 0 atom stereocenters. The Morgan fingerprint density at radius 3 is 2.67 bits per heavy atom. The van der Waals surface area contributed by atoms with Crippen molar-refractivity contribution in [3.05, 3.63) is 23.0 Å². The number of amides is 1. The van der Waals surface area contributed by atoms with E-state index in [-0.39, 0.29) is 34.8 Å². The van der Waals surface area contributed by atoms with Crippen molar-refractivity contribution in [1.29, 1.82) is 0 Å². The van der Waals surface area contributed by atoms with Crippen molar-refractivity contribution in [3.8, 4) is 0 Å². The first kappa shape index (κ1) is 22.1. The van der Waals surface area contributed by atoms with Crippen LogP contribution in [-0.2, 0) is 16.8 Å². The Labute approximate surface area is 195 Å². The van der Waals surface area contributed by atoms with Gasteiger partial charge in [-0.1, -0.05) is 11.3 Å². The first-order chi connectivity index (χ1) is 15.5. The van der Waals surface area contributed by atoms with Crippen LogP contribution >= 0.6 is 11.3 Å². The van der Waals surface area contributed by atoms with Gasteiger partial charge in [-0.2, -0.15) is 14.4 Å². The third-order valence-corrected chi connectivity index (χ3v) is 7.97. The van der Waals surface area contributed by atoms with Gasteiger partial charge in [0.15, 0.2) is 16.6 Å². The number of rotatable bonds is 3. The lowest BCUT2D eigenvalue weighted by molar-refractivity contribution is -0.120. The second-order valence-corrected chi connectivity index (χ2v) is 11.3. The second-order valence-electron chi connectivity index (χ2n) is 10.3. The molecule has 9 nitrogen and oxygen atoms in total. The summed E-state index contributed by atoms with van der Waals surface area (Å²) in [7, 11) is 0. The van der Waals surface area contributed by atoms with Crippen molar-refractivity contribution in [3.63, 3.8) is 0 Å². The number of carbonyl (C=O) groups is 1. The van der Waals surface area contributed by atoms with E-state index in [2.05, 4.69) is 53.3 Å². The normalized spacial score (nSPS) is 23.9. The van der Waals surface area contributed by atoms with Gasteiger partial charge >= 0.3 is 6.08 Å². The number of nitrogen functional groups attached to an aromatic ring is 1. The van der Waals surface area contributed by atoms with E-state index in [0.717, 1.165) is 37.8 Å². The minimum Gasteiger partial charge on any atom is -0.382 e. The van der Waals surface area contributed by atoms with Crippen molar-refractivity contribution in [2.75, 3.05) is 11.1 Å². The van der Waals surface area contributed by atoms with E-state index in [1.165, 1.54) is 4.88 Å². The maximum atomic E-state index is 13.7. The third-order valence-electron chi connectivity index (χ3n) is 6.64. The molecule has 33 heavy (non-hydrogen) atoms. The van der Waals surface area contributed by atoms with Crippen LogP contribution in [0.15, 0.2) is 6.33 Å². The molecule has 4 heterocycles. The molecule has 0 aromatic carbocycles. The van der Waals surface area contributed by atoms with Gasteiger partial charge < -0.3 is 20.9 Å². The molecule has 5 rings (SSSR count). The van der Waals surface area contributed by atoms with Crippen molar-refractivity contribution in [1.82, 2.24) is 29.8 Å². The summed E-state index contributed by atoms with van der Waals surface area (Å²) in [6.07, 6.45) is 4.61. The number of hydrogen-bond donors (Lipinski definition) is 3. The van der Waals surface area contributed by atoms with Crippen LogP contribution in [0.4, 0.5) is 15.3 Å². The highest BCUT2D eigenvalue weighted by molar-refractivity contribution is 7.16. The number of fused-ring (bicyclic) bond motifs is 2. The average Bonchev–Trinajstić information content (AvgIpc) is 3.31. The van der Waals surface area contributed by atoms with E-state index in [0.29, 0.717) is 16.3 Å². The summed E-state index contributed by atoms with van der Waals surface area (Å²) in [6.45, 7) is 8.65. The van der Waals surface area contributed by atoms with Gasteiger partial charge in [-0.25, -0.2) is 9.97 Å². The van der Waals surface area contributed by atoms with Gasteiger partial charge in [0.2, 0.25) is 5.91 Å². The lowest BCUT2D eigenvalue weighted by Gasteiger charge is -2.41. The van der Waals surface area contributed by atoms with Gasteiger partial charge in [0.05, 0.1) is 12.0 Å². The maximum absolute atomic E-state index is 13.7. The minimum atomic E-state index is -0.859. The van der Waals surface area contributed by atoms with E-state index < -0.39 is 6.08 Å². The molecule has 2 aliphatic rings. The molecule has 3 aromatic rings. The predicted octanol–water partition coefficient (Wildman–Crippen LogP) is 3.53. The number of hydrogen-bond acceptors (Lipinski definition) is 8. The van der Waals surface area contributed by atoms with Crippen LogP contribution in [0.3, 0.4) is 0 Å². The molecule has 0 radical (unpaired) electrons. The molecule has 11 heteroatoms. The Kier molecular flexibility index (Phi) is 5.16. The number of nitrogens with two attached hydrogens (primary N) is 1. The summed E-state index contributed by atoms with van der Waals surface area (Å²) in [6, 6.07) is 0.0917. The zero-order valence-electron chi connectivity index (χ0n) is 19.3. The Balaban J connectivity index is 1.26. The topological polar surface area (TPSA) is 124 Å². The van der Waals surface area contributed by atoms with Crippen LogP contribution in [0, 0.1) is 12.0 Å². The number of imidazole rings is 1. The van der Waals surface area contributed by atoms with Gasteiger partial charge in [-0.05, 0) is 53.4 Å². The SMILES string of the molecule is CC1(C)Cc2nc(NC(=O)C3CCC(n4cnc5c(N)nc(F)nc54)CC3)sc2C(C)(C)N1. The fourth-order valence-electron chi connectivity index (χ4n) is 5.38. The van der Waals surface area contributed by atoms with Crippen molar-refractivity contribution in [2.45, 2.75) is 76.9 Å². The second kappa shape index (κ2) is 7.69. The molecule has 0 bridgehead atoms. The molecular formula is C22H29FN8OS. The molecule has 176 valence electrons. The van der Waals surface area contributed by atoms with Crippen LogP contribution in [0.25, 0.3) is 11.2 Å². The molecule has 0 spiro atoms. The zero-order chi connectivity index (χ0) is 23.5. The van der Waals surface area contributed by atoms with Crippen molar-refractivity contribution in [2.24, 2.45) is 5.92 Å². The standard InChI is InChI=1S/C22H29FN8OS/c1-21(2)9-13-15(22(3,4)30-21)33-20(26-13)29-18(32)11-5-7-12(8-6-11)31-10-25-14-16(24)27-19(23)28-17(14)31/h10-12,30H,5-9H2,1-4H3,(H2,24,27,28)(H,26,29,32). The van der Waals surface area contributed by atoms with Crippen LogP contribution in [0.5, 0.6) is 0 Å². The zero-order valence-corrected chi connectivity index (χ0v) is 20.1.